The minimum atomic E-state index is -4.60. The molecule has 0 spiro atoms. The lowest BCUT2D eigenvalue weighted by molar-refractivity contribution is -0.137. The number of carbonyl (C=O) groups excluding carboxylic acids is 2. The molecule has 126 valence electrons. The summed E-state index contributed by atoms with van der Waals surface area (Å²) in [6.45, 7) is 1.69. The van der Waals surface area contributed by atoms with E-state index >= 15 is 0 Å². The van der Waals surface area contributed by atoms with Crippen molar-refractivity contribution in [2.75, 3.05) is 4.90 Å². The number of alkyl halides is 3. The minimum Gasteiger partial charge on any atom is -0.362 e. The number of fused-ring (bicyclic) bond motifs is 5. The smallest absolute Gasteiger partial charge is 0.362 e. The van der Waals surface area contributed by atoms with E-state index in [2.05, 4.69) is 0 Å². The van der Waals surface area contributed by atoms with E-state index in [1.807, 2.05) is 0 Å². The summed E-state index contributed by atoms with van der Waals surface area (Å²) in [5.41, 5.74) is -2.12. The first kappa shape index (κ1) is 15.7. The lowest BCUT2D eigenvalue weighted by Crippen LogP contribution is -2.38. The lowest BCUT2D eigenvalue weighted by atomic mass is 9.78. The van der Waals surface area contributed by atoms with E-state index in [-0.39, 0.29) is 10.7 Å². The van der Waals surface area contributed by atoms with E-state index in [4.69, 9.17) is 16.3 Å². The molecule has 3 aliphatic heterocycles. The van der Waals surface area contributed by atoms with Gasteiger partial charge < -0.3 is 4.74 Å². The number of halogens is 4. The summed E-state index contributed by atoms with van der Waals surface area (Å²) in [5.74, 6) is -2.63. The first-order chi connectivity index (χ1) is 11.1. The molecule has 2 amide bonds. The summed E-state index contributed by atoms with van der Waals surface area (Å²) >= 11 is 5.98. The normalized spacial score (nSPS) is 34.4. The summed E-state index contributed by atoms with van der Waals surface area (Å²) < 4.78 is 44.5. The Balaban J connectivity index is 1.80. The third-order valence-corrected chi connectivity index (χ3v) is 5.16. The third kappa shape index (κ3) is 1.91. The zero-order chi connectivity index (χ0) is 17.4. The van der Waals surface area contributed by atoms with Gasteiger partial charge in [0.25, 0.3) is 0 Å². The molecule has 1 aromatic rings. The first-order valence-corrected chi connectivity index (χ1v) is 7.63. The molecule has 2 bridgehead atoms. The molecule has 0 saturated carbocycles. The Kier molecular flexibility index (Phi) is 3.01. The Morgan fingerprint density at radius 3 is 2.58 bits per heavy atom. The van der Waals surface area contributed by atoms with Crippen LogP contribution in [0, 0.1) is 11.8 Å². The lowest BCUT2D eigenvalue weighted by Gasteiger charge is -2.24. The van der Waals surface area contributed by atoms with E-state index in [1.165, 1.54) is 0 Å². The van der Waals surface area contributed by atoms with Gasteiger partial charge in [0.2, 0.25) is 11.8 Å². The van der Waals surface area contributed by atoms with Gasteiger partial charge in [-0.3, -0.25) is 9.59 Å². The van der Waals surface area contributed by atoms with Crippen LogP contribution in [-0.2, 0) is 20.5 Å². The van der Waals surface area contributed by atoms with Gasteiger partial charge in [-0.2, -0.15) is 13.2 Å². The van der Waals surface area contributed by atoms with Crippen LogP contribution < -0.4 is 4.90 Å². The summed E-state index contributed by atoms with van der Waals surface area (Å²) in [7, 11) is 0. The maximum absolute atomic E-state index is 12.9. The van der Waals surface area contributed by atoms with Gasteiger partial charge in [0.05, 0.1) is 39.8 Å². The first-order valence-electron chi connectivity index (χ1n) is 7.25. The van der Waals surface area contributed by atoms with E-state index in [1.54, 1.807) is 19.1 Å². The molecule has 0 N–H and O–H groups in total. The van der Waals surface area contributed by atoms with Crippen molar-refractivity contribution in [3.63, 3.8) is 0 Å². The highest BCUT2D eigenvalue weighted by molar-refractivity contribution is 6.36. The van der Waals surface area contributed by atoms with Crippen molar-refractivity contribution < 1.29 is 27.5 Å². The largest absolute Gasteiger partial charge is 0.416 e. The molecule has 2 fully saturated rings. The van der Waals surface area contributed by atoms with E-state index in [0.29, 0.717) is 0 Å². The number of hydrogen-bond donors (Lipinski definition) is 0. The second kappa shape index (κ2) is 4.61. The van der Waals surface area contributed by atoms with Crippen LogP contribution >= 0.6 is 11.6 Å². The number of anilines is 1. The van der Waals surface area contributed by atoms with Gasteiger partial charge in [0.15, 0.2) is 0 Å². The predicted molar refractivity (Wildman–Crippen MR) is 78.3 cm³/mol. The molecule has 4 rings (SSSR count). The zero-order valence-corrected chi connectivity index (χ0v) is 13.1. The van der Waals surface area contributed by atoms with Gasteiger partial charge in [0.1, 0.15) is 0 Å². The predicted octanol–water partition coefficient (Wildman–Crippen LogP) is 3.19. The van der Waals surface area contributed by atoms with E-state index < -0.39 is 47.1 Å². The molecule has 2 saturated heterocycles. The van der Waals surface area contributed by atoms with Crippen molar-refractivity contribution in [1.29, 1.82) is 0 Å². The van der Waals surface area contributed by atoms with Gasteiger partial charge >= 0.3 is 6.18 Å². The standard InChI is InChI=1S/C16H11ClF3NO3/c1-15-5-4-10(24-15)11-12(15)14(23)21(13(11)22)9-6-7(16(18,19)20)2-3-8(9)17/h2-6,10-12H,1H3/t10-,11+,12+,15+/m1/s1. The monoisotopic (exact) mass is 357 g/mol. The fraction of sp³-hybridized carbons (Fsp3) is 0.375. The van der Waals surface area contributed by atoms with Crippen molar-refractivity contribution in [3.05, 3.63) is 40.9 Å². The molecule has 8 heteroatoms. The molecule has 3 heterocycles. The molecule has 0 aliphatic carbocycles. The molecular formula is C16H11ClF3NO3. The molecule has 0 radical (unpaired) electrons. The second-order valence-corrected chi connectivity index (χ2v) is 6.71. The fourth-order valence-electron chi connectivity index (χ4n) is 3.75. The summed E-state index contributed by atoms with van der Waals surface area (Å²) in [4.78, 5) is 26.2. The maximum Gasteiger partial charge on any atom is 0.416 e. The van der Waals surface area contributed by atoms with Crippen molar-refractivity contribution in [2.45, 2.75) is 24.8 Å². The van der Waals surface area contributed by atoms with Gasteiger partial charge in [-0.25, -0.2) is 4.90 Å². The Morgan fingerprint density at radius 1 is 1.25 bits per heavy atom. The Hall–Kier alpha value is -1.86. The molecule has 4 nitrogen and oxygen atoms in total. The molecule has 0 unspecified atom stereocenters. The third-order valence-electron chi connectivity index (χ3n) is 4.84. The van der Waals surface area contributed by atoms with Gasteiger partial charge in [-0.15, -0.1) is 0 Å². The maximum atomic E-state index is 12.9. The molecule has 4 atom stereocenters. The zero-order valence-electron chi connectivity index (χ0n) is 12.3. The Labute approximate surface area is 139 Å². The molecule has 24 heavy (non-hydrogen) atoms. The number of amides is 2. The Bertz CT molecular complexity index is 806. The topological polar surface area (TPSA) is 46.6 Å². The van der Waals surface area contributed by atoms with Crippen molar-refractivity contribution >= 4 is 29.1 Å². The number of benzene rings is 1. The number of ether oxygens (including phenoxy) is 1. The molecule has 1 aromatic carbocycles. The highest BCUT2D eigenvalue weighted by Gasteiger charge is 2.66. The summed E-state index contributed by atoms with van der Waals surface area (Å²) in [6.07, 6.45) is -1.70. The van der Waals surface area contributed by atoms with Gasteiger partial charge in [-0.1, -0.05) is 23.8 Å². The van der Waals surface area contributed by atoms with Crippen LogP contribution in [0.4, 0.5) is 18.9 Å². The molecular weight excluding hydrogens is 347 g/mol. The number of nitrogens with zero attached hydrogens (tertiary/aromatic N) is 1. The fourth-order valence-corrected chi connectivity index (χ4v) is 3.95. The average molecular weight is 358 g/mol. The highest BCUT2D eigenvalue weighted by Crippen LogP contribution is 2.53. The average Bonchev–Trinajstić information content (AvgIpc) is 3.08. The van der Waals surface area contributed by atoms with E-state index in [9.17, 15) is 22.8 Å². The van der Waals surface area contributed by atoms with Crippen LogP contribution in [-0.4, -0.2) is 23.5 Å². The van der Waals surface area contributed by atoms with Gasteiger partial charge in [-0.05, 0) is 25.1 Å². The summed E-state index contributed by atoms with van der Waals surface area (Å²) in [6, 6.07) is 2.59. The van der Waals surface area contributed by atoms with Crippen LogP contribution in [0.1, 0.15) is 12.5 Å². The second-order valence-electron chi connectivity index (χ2n) is 6.30. The van der Waals surface area contributed by atoms with Crippen molar-refractivity contribution in [2.24, 2.45) is 11.8 Å². The van der Waals surface area contributed by atoms with E-state index in [0.717, 1.165) is 23.1 Å². The summed E-state index contributed by atoms with van der Waals surface area (Å²) in [5, 5.41) is -0.0870. The number of carbonyl (C=O) groups is 2. The minimum absolute atomic E-state index is 0.0870. The van der Waals surface area contributed by atoms with Crippen LogP contribution in [0.3, 0.4) is 0 Å². The highest BCUT2D eigenvalue weighted by atomic mass is 35.5. The number of rotatable bonds is 1. The number of imide groups is 1. The number of hydrogen-bond acceptors (Lipinski definition) is 3. The molecule has 3 aliphatic rings. The van der Waals surface area contributed by atoms with Crippen LogP contribution in [0.25, 0.3) is 0 Å². The SMILES string of the molecule is C[C@@]12C=C[C@@H](O1)[C@@H]1C(=O)N(c3cc(C(F)(F)F)ccc3Cl)C(=O)[C@H]12. The van der Waals surface area contributed by atoms with Crippen molar-refractivity contribution in [3.8, 4) is 0 Å². The Morgan fingerprint density at radius 2 is 1.96 bits per heavy atom. The van der Waals surface area contributed by atoms with Crippen LogP contribution in [0.2, 0.25) is 5.02 Å². The quantitative estimate of drug-likeness (QED) is 0.573. The van der Waals surface area contributed by atoms with Crippen molar-refractivity contribution in [1.82, 2.24) is 0 Å². The molecule has 0 aromatic heterocycles. The van der Waals surface area contributed by atoms with Crippen LogP contribution in [0.15, 0.2) is 30.4 Å². The van der Waals surface area contributed by atoms with Crippen LogP contribution in [0.5, 0.6) is 0 Å². The van der Waals surface area contributed by atoms with Gasteiger partial charge in [0, 0.05) is 0 Å².